The van der Waals surface area contributed by atoms with Crippen LogP contribution in [0.2, 0.25) is 0 Å². The summed E-state index contributed by atoms with van der Waals surface area (Å²) in [7, 11) is 0. The molecule has 3 nitrogen and oxygen atoms in total. The van der Waals surface area contributed by atoms with Gasteiger partial charge in [-0.25, -0.2) is 0 Å². The zero-order chi connectivity index (χ0) is 11.9. The maximum atomic E-state index is 11.6. The summed E-state index contributed by atoms with van der Waals surface area (Å²) >= 11 is 1.72. The lowest BCUT2D eigenvalue weighted by Gasteiger charge is -2.34. The molecule has 1 saturated heterocycles. The second-order valence-electron chi connectivity index (χ2n) is 4.89. The molecule has 5 heteroatoms. The average Bonchev–Trinajstić information content (AvgIpc) is 2.28. The Kier molecular flexibility index (Phi) is 9.10. The number of amides is 1. The second kappa shape index (κ2) is 9.06. The molecule has 1 heterocycles. The highest BCUT2D eigenvalue weighted by Gasteiger charge is 2.26. The Bertz CT molecular complexity index is 221. The minimum atomic E-state index is 0. The number of hydrogen-bond acceptors (Lipinski definition) is 3. The van der Waals surface area contributed by atoms with E-state index in [9.17, 15) is 4.79 Å². The van der Waals surface area contributed by atoms with Crippen LogP contribution < -0.4 is 10.6 Å². The van der Waals surface area contributed by atoms with Gasteiger partial charge in [0.05, 0.1) is 5.75 Å². The molecule has 0 aromatic rings. The van der Waals surface area contributed by atoms with Crippen LogP contribution in [0.25, 0.3) is 0 Å². The van der Waals surface area contributed by atoms with Crippen LogP contribution in [-0.2, 0) is 4.79 Å². The van der Waals surface area contributed by atoms with Crippen LogP contribution in [0.15, 0.2) is 0 Å². The average molecular weight is 281 g/mol. The fourth-order valence-corrected chi connectivity index (χ4v) is 2.60. The lowest BCUT2D eigenvalue weighted by Crippen LogP contribution is -2.43. The van der Waals surface area contributed by atoms with Gasteiger partial charge in [0.2, 0.25) is 5.91 Å². The van der Waals surface area contributed by atoms with Crippen molar-refractivity contribution < 1.29 is 4.79 Å². The number of carbonyl (C=O) groups is 1. The summed E-state index contributed by atoms with van der Waals surface area (Å²) in [5.41, 5.74) is 0.302. The highest BCUT2D eigenvalue weighted by atomic mass is 35.5. The first-order valence-electron chi connectivity index (χ1n) is 6.21. The Morgan fingerprint density at radius 1 is 1.41 bits per heavy atom. The van der Waals surface area contributed by atoms with Crippen molar-refractivity contribution >= 4 is 30.1 Å². The number of carbonyl (C=O) groups excluding carboxylic acids is 1. The summed E-state index contributed by atoms with van der Waals surface area (Å²) in [6.07, 6.45) is 3.46. The molecule has 0 saturated carbocycles. The number of piperidine rings is 1. The Morgan fingerprint density at radius 2 is 2.06 bits per heavy atom. The van der Waals surface area contributed by atoms with Crippen molar-refractivity contribution in [1.82, 2.24) is 10.6 Å². The van der Waals surface area contributed by atoms with Gasteiger partial charge in [-0.2, -0.15) is 11.8 Å². The molecule has 0 radical (unpaired) electrons. The summed E-state index contributed by atoms with van der Waals surface area (Å²) < 4.78 is 0. The number of nitrogens with one attached hydrogen (secondary N) is 2. The number of thioether (sulfide) groups is 1. The molecular weight excluding hydrogens is 256 g/mol. The van der Waals surface area contributed by atoms with Crippen molar-refractivity contribution in [2.45, 2.75) is 33.1 Å². The molecule has 0 unspecified atom stereocenters. The second-order valence-corrected chi connectivity index (χ2v) is 6.00. The Labute approximate surface area is 115 Å². The molecule has 2 N–H and O–H groups in total. The molecule has 0 aliphatic carbocycles. The first kappa shape index (κ1) is 17.1. The summed E-state index contributed by atoms with van der Waals surface area (Å²) in [5.74, 6) is 1.88. The van der Waals surface area contributed by atoms with Crippen molar-refractivity contribution in [2.24, 2.45) is 5.41 Å². The molecule has 0 atom stereocenters. The summed E-state index contributed by atoms with van der Waals surface area (Å²) in [6.45, 7) is 7.41. The molecule has 0 aromatic heterocycles. The van der Waals surface area contributed by atoms with Crippen molar-refractivity contribution in [3.05, 3.63) is 0 Å². The topological polar surface area (TPSA) is 41.1 Å². The van der Waals surface area contributed by atoms with E-state index in [4.69, 9.17) is 0 Å². The quantitative estimate of drug-likeness (QED) is 0.732. The molecule has 1 fully saturated rings. The molecule has 102 valence electrons. The molecular formula is C12H25ClN2OS. The molecule has 0 bridgehead atoms. The van der Waals surface area contributed by atoms with E-state index in [1.807, 2.05) is 0 Å². The summed E-state index contributed by atoms with van der Waals surface area (Å²) in [5, 5.41) is 6.42. The molecule has 1 aliphatic rings. The predicted molar refractivity (Wildman–Crippen MR) is 78.1 cm³/mol. The fraction of sp³-hybridized carbons (Fsp3) is 0.917. The van der Waals surface area contributed by atoms with Crippen LogP contribution in [0.1, 0.15) is 33.1 Å². The molecule has 1 aliphatic heterocycles. The van der Waals surface area contributed by atoms with E-state index < -0.39 is 0 Å². The van der Waals surface area contributed by atoms with E-state index in [0.29, 0.717) is 11.2 Å². The van der Waals surface area contributed by atoms with Crippen molar-refractivity contribution in [2.75, 3.05) is 31.1 Å². The van der Waals surface area contributed by atoms with Crippen LogP contribution >= 0.6 is 24.2 Å². The van der Waals surface area contributed by atoms with E-state index in [-0.39, 0.29) is 18.3 Å². The minimum Gasteiger partial charge on any atom is -0.355 e. The molecule has 0 aromatic carbocycles. The van der Waals surface area contributed by atoms with Gasteiger partial charge in [0.25, 0.3) is 0 Å². The van der Waals surface area contributed by atoms with Crippen LogP contribution in [0.5, 0.6) is 0 Å². The number of hydrogen-bond donors (Lipinski definition) is 2. The summed E-state index contributed by atoms with van der Waals surface area (Å²) in [6, 6.07) is 0. The Hall–Kier alpha value is 0.0700. The van der Waals surface area contributed by atoms with Gasteiger partial charge < -0.3 is 10.6 Å². The van der Waals surface area contributed by atoms with Gasteiger partial charge in [-0.1, -0.05) is 13.8 Å². The molecule has 1 rings (SSSR count). The van der Waals surface area contributed by atoms with E-state index in [1.165, 1.54) is 0 Å². The van der Waals surface area contributed by atoms with Gasteiger partial charge in [0.1, 0.15) is 0 Å². The van der Waals surface area contributed by atoms with Crippen molar-refractivity contribution in [1.29, 1.82) is 0 Å². The maximum Gasteiger partial charge on any atom is 0.230 e. The summed E-state index contributed by atoms with van der Waals surface area (Å²) in [4.78, 5) is 11.6. The van der Waals surface area contributed by atoms with E-state index in [2.05, 4.69) is 24.5 Å². The predicted octanol–water partition coefficient (Wildman–Crippen LogP) is 2.06. The zero-order valence-corrected chi connectivity index (χ0v) is 12.5. The van der Waals surface area contributed by atoms with E-state index in [1.54, 1.807) is 11.8 Å². The van der Waals surface area contributed by atoms with E-state index in [0.717, 1.165) is 44.6 Å². The van der Waals surface area contributed by atoms with Crippen LogP contribution in [0.4, 0.5) is 0 Å². The zero-order valence-electron chi connectivity index (χ0n) is 10.9. The highest BCUT2D eigenvalue weighted by Crippen LogP contribution is 2.26. The first-order valence-corrected chi connectivity index (χ1v) is 7.37. The third-order valence-electron chi connectivity index (χ3n) is 3.10. The number of halogens is 1. The van der Waals surface area contributed by atoms with Crippen LogP contribution in [0, 0.1) is 5.41 Å². The lowest BCUT2D eigenvalue weighted by atomic mass is 9.81. The van der Waals surface area contributed by atoms with Gasteiger partial charge in [0, 0.05) is 6.54 Å². The van der Waals surface area contributed by atoms with Gasteiger partial charge in [-0.15, -0.1) is 12.4 Å². The van der Waals surface area contributed by atoms with Gasteiger partial charge >= 0.3 is 0 Å². The Balaban J connectivity index is 0.00000256. The van der Waals surface area contributed by atoms with E-state index >= 15 is 0 Å². The van der Waals surface area contributed by atoms with Crippen molar-refractivity contribution in [3.8, 4) is 0 Å². The van der Waals surface area contributed by atoms with Gasteiger partial charge in [0.15, 0.2) is 0 Å². The maximum absolute atomic E-state index is 11.6. The normalized spacial score (nSPS) is 18.2. The molecule has 1 amide bonds. The molecule has 0 spiro atoms. The van der Waals surface area contributed by atoms with Gasteiger partial charge in [-0.05, 0) is 43.5 Å². The highest BCUT2D eigenvalue weighted by molar-refractivity contribution is 7.99. The van der Waals surface area contributed by atoms with Gasteiger partial charge in [-0.3, -0.25) is 4.79 Å². The minimum absolute atomic E-state index is 0. The first-order chi connectivity index (χ1) is 7.66. The van der Waals surface area contributed by atoms with Crippen LogP contribution in [0.3, 0.4) is 0 Å². The SMILES string of the molecule is CCCSCC(=O)NCC1(C)CCNCC1.Cl. The lowest BCUT2D eigenvalue weighted by molar-refractivity contribution is -0.119. The monoisotopic (exact) mass is 280 g/mol. The molecule has 17 heavy (non-hydrogen) atoms. The van der Waals surface area contributed by atoms with Crippen LogP contribution in [-0.4, -0.2) is 37.0 Å². The Morgan fingerprint density at radius 3 is 2.65 bits per heavy atom. The fourth-order valence-electron chi connectivity index (χ4n) is 1.88. The smallest absolute Gasteiger partial charge is 0.230 e. The third-order valence-corrected chi connectivity index (χ3v) is 4.27. The van der Waals surface area contributed by atoms with Crippen molar-refractivity contribution in [3.63, 3.8) is 0 Å². The number of rotatable bonds is 6. The third kappa shape index (κ3) is 7.17. The standard InChI is InChI=1S/C12H24N2OS.ClH/c1-3-8-16-9-11(15)14-10-12(2)4-6-13-7-5-12;/h13H,3-10H2,1-2H3,(H,14,15);1H. The largest absolute Gasteiger partial charge is 0.355 e.